The van der Waals surface area contributed by atoms with Crippen LogP contribution < -0.4 is 10.1 Å². The van der Waals surface area contributed by atoms with Gasteiger partial charge < -0.3 is 10.1 Å². The molecule has 126 valence electrons. The standard InChI is InChI=1S/C18H17Cl2NO3/c1-12(22)17(9-13-5-3-2-4-6-13)21-18(23)11-24-14-7-8-15(19)16(20)10-14/h2-8,10,17H,9,11H2,1H3,(H,21,23)/t17-/m0/s1. The number of nitrogens with one attached hydrogen (secondary N) is 1. The molecule has 0 aliphatic rings. The lowest BCUT2D eigenvalue weighted by atomic mass is 10.0. The van der Waals surface area contributed by atoms with E-state index in [1.165, 1.54) is 13.0 Å². The van der Waals surface area contributed by atoms with Crippen molar-refractivity contribution >= 4 is 34.9 Å². The summed E-state index contributed by atoms with van der Waals surface area (Å²) in [5, 5.41) is 3.45. The molecule has 0 fully saturated rings. The molecule has 0 heterocycles. The van der Waals surface area contributed by atoms with E-state index in [2.05, 4.69) is 5.32 Å². The fraction of sp³-hybridized carbons (Fsp3) is 0.222. The first-order chi connectivity index (χ1) is 11.5. The highest BCUT2D eigenvalue weighted by molar-refractivity contribution is 6.42. The van der Waals surface area contributed by atoms with Gasteiger partial charge in [0.05, 0.1) is 16.1 Å². The van der Waals surface area contributed by atoms with E-state index in [9.17, 15) is 9.59 Å². The van der Waals surface area contributed by atoms with Crippen molar-refractivity contribution in [2.45, 2.75) is 19.4 Å². The normalized spacial score (nSPS) is 11.6. The predicted molar refractivity (Wildman–Crippen MR) is 94.7 cm³/mol. The van der Waals surface area contributed by atoms with Crippen molar-refractivity contribution in [3.05, 3.63) is 64.1 Å². The van der Waals surface area contributed by atoms with Crippen LogP contribution in [0.2, 0.25) is 10.0 Å². The van der Waals surface area contributed by atoms with E-state index < -0.39 is 6.04 Å². The Kier molecular flexibility index (Phi) is 6.64. The number of Topliss-reactive ketones (excluding diaryl/α,β-unsaturated/α-hetero) is 1. The molecule has 0 aliphatic carbocycles. The Labute approximate surface area is 150 Å². The molecule has 4 nitrogen and oxygen atoms in total. The molecule has 0 aromatic heterocycles. The molecule has 6 heteroatoms. The van der Waals surface area contributed by atoms with Crippen molar-refractivity contribution in [2.24, 2.45) is 0 Å². The van der Waals surface area contributed by atoms with Crippen molar-refractivity contribution in [1.29, 1.82) is 0 Å². The molecule has 0 spiro atoms. The molecular weight excluding hydrogens is 349 g/mol. The van der Waals surface area contributed by atoms with Gasteiger partial charge in [0, 0.05) is 6.07 Å². The highest BCUT2D eigenvalue weighted by atomic mass is 35.5. The number of hydrogen-bond donors (Lipinski definition) is 1. The fourth-order valence-corrected chi connectivity index (χ4v) is 2.39. The SMILES string of the molecule is CC(=O)[C@H](Cc1ccccc1)NC(=O)COc1ccc(Cl)c(Cl)c1. The number of amides is 1. The van der Waals surface area contributed by atoms with Crippen molar-refractivity contribution in [2.75, 3.05) is 6.61 Å². The number of carbonyl (C=O) groups excluding carboxylic acids is 2. The number of ketones is 1. The zero-order chi connectivity index (χ0) is 17.5. The molecule has 0 radical (unpaired) electrons. The monoisotopic (exact) mass is 365 g/mol. The number of hydrogen-bond acceptors (Lipinski definition) is 3. The summed E-state index contributed by atoms with van der Waals surface area (Å²) >= 11 is 11.7. The molecule has 0 saturated carbocycles. The number of ether oxygens (including phenoxy) is 1. The molecule has 0 aliphatic heterocycles. The lowest BCUT2D eigenvalue weighted by molar-refractivity contribution is -0.128. The third kappa shape index (κ3) is 5.55. The van der Waals surface area contributed by atoms with Gasteiger partial charge in [-0.2, -0.15) is 0 Å². The second-order valence-electron chi connectivity index (χ2n) is 5.29. The Morgan fingerprint density at radius 1 is 1.08 bits per heavy atom. The molecule has 1 atom stereocenters. The van der Waals surface area contributed by atoms with Gasteiger partial charge in [-0.15, -0.1) is 0 Å². The first kappa shape index (κ1) is 18.3. The topological polar surface area (TPSA) is 55.4 Å². The number of rotatable bonds is 7. The summed E-state index contributed by atoms with van der Waals surface area (Å²) in [7, 11) is 0. The van der Waals surface area contributed by atoms with Gasteiger partial charge >= 0.3 is 0 Å². The van der Waals surface area contributed by atoms with E-state index in [1.807, 2.05) is 30.3 Å². The molecule has 1 amide bonds. The van der Waals surface area contributed by atoms with Crippen LogP contribution in [0, 0.1) is 0 Å². The molecule has 2 rings (SSSR count). The van der Waals surface area contributed by atoms with Gasteiger partial charge in [-0.25, -0.2) is 0 Å². The van der Waals surface area contributed by atoms with Crippen molar-refractivity contribution < 1.29 is 14.3 Å². The van der Waals surface area contributed by atoms with Crippen molar-refractivity contribution in [3.63, 3.8) is 0 Å². The second-order valence-corrected chi connectivity index (χ2v) is 6.10. The molecular formula is C18H17Cl2NO3. The van der Waals surface area contributed by atoms with Crippen LogP contribution in [-0.4, -0.2) is 24.3 Å². The zero-order valence-electron chi connectivity index (χ0n) is 13.1. The van der Waals surface area contributed by atoms with Gasteiger partial charge in [-0.1, -0.05) is 53.5 Å². The van der Waals surface area contributed by atoms with Crippen LogP contribution in [0.25, 0.3) is 0 Å². The van der Waals surface area contributed by atoms with Crippen LogP contribution in [-0.2, 0) is 16.0 Å². The Morgan fingerprint density at radius 2 is 1.79 bits per heavy atom. The minimum atomic E-state index is -0.586. The molecule has 24 heavy (non-hydrogen) atoms. The van der Waals surface area contributed by atoms with Gasteiger partial charge in [-0.3, -0.25) is 9.59 Å². The largest absolute Gasteiger partial charge is 0.484 e. The minimum absolute atomic E-state index is 0.109. The Bertz CT molecular complexity index is 719. The summed E-state index contributed by atoms with van der Waals surface area (Å²) in [6, 6.07) is 13.7. The van der Waals surface area contributed by atoms with Crippen molar-refractivity contribution in [3.8, 4) is 5.75 Å². The Hall–Kier alpha value is -2.04. The lowest BCUT2D eigenvalue weighted by Gasteiger charge is -2.16. The van der Waals surface area contributed by atoms with Gasteiger partial charge in [0.15, 0.2) is 12.4 Å². The Balaban J connectivity index is 1.90. The van der Waals surface area contributed by atoms with Crippen LogP contribution in [0.5, 0.6) is 5.75 Å². The van der Waals surface area contributed by atoms with E-state index in [0.717, 1.165) is 5.56 Å². The number of carbonyl (C=O) groups is 2. The van der Waals surface area contributed by atoms with Crippen LogP contribution in [0.4, 0.5) is 0 Å². The highest BCUT2D eigenvalue weighted by Crippen LogP contribution is 2.26. The van der Waals surface area contributed by atoms with Crippen LogP contribution in [0.1, 0.15) is 12.5 Å². The quantitative estimate of drug-likeness (QED) is 0.813. The van der Waals surface area contributed by atoms with Crippen LogP contribution in [0.15, 0.2) is 48.5 Å². The van der Waals surface area contributed by atoms with E-state index in [4.69, 9.17) is 27.9 Å². The van der Waals surface area contributed by atoms with Crippen LogP contribution in [0.3, 0.4) is 0 Å². The first-order valence-corrected chi connectivity index (χ1v) is 8.13. The van der Waals surface area contributed by atoms with Gasteiger partial charge in [0.1, 0.15) is 5.75 Å². The minimum Gasteiger partial charge on any atom is -0.484 e. The third-order valence-corrected chi connectivity index (χ3v) is 4.11. The highest BCUT2D eigenvalue weighted by Gasteiger charge is 2.18. The molecule has 0 unspecified atom stereocenters. The third-order valence-electron chi connectivity index (χ3n) is 3.37. The van der Waals surface area contributed by atoms with Crippen LogP contribution >= 0.6 is 23.2 Å². The Morgan fingerprint density at radius 3 is 2.42 bits per heavy atom. The fourth-order valence-electron chi connectivity index (χ4n) is 2.10. The van der Waals surface area contributed by atoms with E-state index in [1.54, 1.807) is 12.1 Å². The summed E-state index contributed by atoms with van der Waals surface area (Å²) in [5.41, 5.74) is 0.975. The number of halogens is 2. The van der Waals surface area contributed by atoms with E-state index >= 15 is 0 Å². The molecule has 0 bridgehead atoms. The second kappa shape index (κ2) is 8.71. The lowest BCUT2D eigenvalue weighted by Crippen LogP contribution is -2.43. The summed E-state index contributed by atoms with van der Waals surface area (Å²) in [4.78, 5) is 23.8. The maximum absolute atomic E-state index is 12.0. The first-order valence-electron chi connectivity index (χ1n) is 7.37. The summed E-state index contributed by atoms with van der Waals surface area (Å²) in [5.74, 6) is -0.0547. The smallest absolute Gasteiger partial charge is 0.258 e. The molecule has 2 aromatic rings. The van der Waals surface area contributed by atoms with E-state index in [0.29, 0.717) is 22.2 Å². The molecule has 0 saturated heterocycles. The number of benzene rings is 2. The van der Waals surface area contributed by atoms with Gasteiger partial charge in [0.2, 0.25) is 0 Å². The average molecular weight is 366 g/mol. The average Bonchev–Trinajstić information content (AvgIpc) is 2.56. The predicted octanol–water partition coefficient (Wildman–Crippen LogP) is 3.69. The summed E-state index contributed by atoms with van der Waals surface area (Å²) < 4.78 is 5.37. The maximum Gasteiger partial charge on any atom is 0.258 e. The van der Waals surface area contributed by atoms with Gasteiger partial charge in [0.25, 0.3) is 5.91 Å². The maximum atomic E-state index is 12.0. The molecule has 1 N–H and O–H groups in total. The summed E-state index contributed by atoms with van der Waals surface area (Å²) in [6.45, 7) is 1.24. The van der Waals surface area contributed by atoms with Gasteiger partial charge in [-0.05, 0) is 31.0 Å². The summed E-state index contributed by atoms with van der Waals surface area (Å²) in [6.07, 6.45) is 0.439. The van der Waals surface area contributed by atoms with E-state index in [-0.39, 0.29) is 18.3 Å². The zero-order valence-corrected chi connectivity index (χ0v) is 14.6. The van der Waals surface area contributed by atoms with Crippen molar-refractivity contribution in [1.82, 2.24) is 5.32 Å². The molecule has 2 aromatic carbocycles.